The normalized spacial score (nSPS) is 10.4. The number of halogens is 4. The molecule has 0 saturated carbocycles. The highest BCUT2D eigenvalue weighted by molar-refractivity contribution is 6.50. The summed E-state index contributed by atoms with van der Waals surface area (Å²) in [5.41, 5.74) is 0. The van der Waals surface area contributed by atoms with E-state index in [-0.39, 0.29) is 6.09 Å². The predicted octanol–water partition coefficient (Wildman–Crippen LogP) is 1.62. The van der Waals surface area contributed by atoms with Gasteiger partial charge in [0, 0.05) is 0 Å². The average Bonchev–Trinajstić information content (AvgIpc) is 2.49. The SMILES string of the molecule is CCOC(=O)n1cc[n+](C)c1.F[B-](F)(F)F. The molecule has 0 radical (unpaired) electrons. The lowest BCUT2D eigenvalue weighted by atomic mass is 10.3. The molecule has 0 atom stereocenters. The van der Waals surface area contributed by atoms with Gasteiger partial charge in [0.25, 0.3) is 6.33 Å². The third-order valence-corrected chi connectivity index (χ3v) is 1.25. The first-order valence-electron chi connectivity index (χ1n) is 4.31. The standard InChI is InChI=1S/C7H11N2O2.BF4/c1-3-11-7(10)9-5-4-8(2)6-9;2-1(3,4)5/h4-6H,3H2,1-2H3;/q+1;-1. The molecule has 0 aromatic carbocycles. The largest absolute Gasteiger partial charge is 0.673 e. The Bertz CT molecular complexity index is 333. The molecule has 1 rings (SSSR count). The Balaban J connectivity index is 0.000000385. The summed E-state index contributed by atoms with van der Waals surface area (Å²) in [7, 11) is -4.16. The second kappa shape index (κ2) is 6.14. The molecule has 92 valence electrons. The molecule has 4 nitrogen and oxygen atoms in total. The monoisotopic (exact) mass is 242 g/mol. The van der Waals surface area contributed by atoms with Crippen LogP contribution in [0.2, 0.25) is 0 Å². The predicted molar refractivity (Wildman–Crippen MR) is 48.2 cm³/mol. The maximum atomic E-state index is 11.0. The Kier molecular flexibility index (Phi) is 5.55. The third kappa shape index (κ3) is 7.83. The van der Waals surface area contributed by atoms with E-state index in [4.69, 9.17) is 4.74 Å². The summed E-state index contributed by atoms with van der Waals surface area (Å²) < 4.78 is 46.9. The minimum absolute atomic E-state index is 0.340. The Labute approximate surface area is 89.5 Å². The number of aryl methyl sites for hydroxylation is 1. The minimum Gasteiger partial charge on any atom is -0.431 e. The number of imidazole rings is 1. The molecule has 0 spiro atoms. The number of hydrogen-bond donors (Lipinski definition) is 0. The second-order valence-corrected chi connectivity index (χ2v) is 2.68. The molecule has 0 fully saturated rings. The molecule has 1 heterocycles. The van der Waals surface area contributed by atoms with Crippen molar-refractivity contribution in [1.29, 1.82) is 0 Å². The highest BCUT2D eigenvalue weighted by Crippen LogP contribution is 2.06. The number of ether oxygens (including phenoxy) is 1. The smallest absolute Gasteiger partial charge is 0.431 e. The topological polar surface area (TPSA) is 35.1 Å². The number of nitrogens with zero attached hydrogens (tertiary/aromatic N) is 2. The molecule has 16 heavy (non-hydrogen) atoms. The van der Waals surface area contributed by atoms with Gasteiger partial charge in [-0.05, 0) is 6.92 Å². The van der Waals surface area contributed by atoms with Crippen LogP contribution in [0.1, 0.15) is 6.92 Å². The number of carbonyl (C=O) groups is 1. The molecule has 0 aliphatic carbocycles. The average molecular weight is 242 g/mol. The first kappa shape index (κ1) is 14.5. The van der Waals surface area contributed by atoms with Gasteiger partial charge in [0.05, 0.1) is 13.7 Å². The number of carbonyl (C=O) groups excluding carboxylic acids is 1. The molecule has 1 aromatic rings. The summed E-state index contributed by atoms with van der Waals surface area (Å²) in [6.07, 6.45) is 4.74. The Morgan fingerprint density at radius 3 is 2.25 bits per heavy atom. The van der Waals surface area contributed by atoms with Gasteiger partial charge in [0.15, 0.2) is 0 Å². The van der Waals surface area contributed by atoms with Crippen molar-refractivity contribution >= 4 is 13.3 Å². The zero-order valence-electron chi connectivity index (χ0n) is 8.74. The van der Waals surface area contributed by atoms with E-state index < -0.39 is 7.25 Å². The fourth-order valence-electron chi connectivity index (χ4n) is 0.756. The number of rotatable bonds is 1. The summed E-state index contributed by atoms with van der Waals surface area (Å²) in [5.74, 6) is 0. The van der Waals surface area contributed by atoms with Crippen molar-refractivity contribution in [1.82, 2.24) is 4.57 Å². The Morgan fingerprint density at radius 2 is 1.94 bits per heavy atom. The fraction of sp³-hybridized carbons (Fsp3) is 0.429. The molecule has 0 aliphatic rings. The molecule has 0 bridgehead atoms. The van der Waals surface area contributed by atoms with Gasteiger partial charge in [0.2, 0.25) is 0 Å². The van der Waals surface area contributed by atoms with Crippen LogP contribution in [-0.2, 0) is 11.8 Å². The molecule has 0 aliphatic heterocycles. The molecule has 1 aromatic heterocycles. The van der Waals surface area contributed by atoms with Gasteiger partial charge in [-0.2, -0.15) is 4.79 Å². The van der Waals surface area contributed by atoms with Crippen LogP contribution in [0.25, 0.3) is 0 Å². The van der Waals surface area contributed by atoms with Crippen molar-refractivity contribution in [2.45, 2.75) is 6.92 Å². The van der Waals surface area contributed by atoms with Gasteiger partial charge in [-0.1, -0.05) is 0 Å². The van der Waals surface area contributed by atoms with Crippen molar-refractivity contribution in [3.63, 3.8) is 0 Å². The molecular formula is C7H11BF4N2O2. The highest BCUT2D eigenvalue weighted by Gasteiger charge is 2.20. The summed E-state index contributed by atoms with van der Waals surface area (Å²) >= 11 is 0. The van der Waals surface area contributed by atoms with Crippen LogP contribution in [-0.4, -0.2) is 24.5 Å². The minimum atomic E-state index is -6.00. The van der Waals surface area contributed by atoms with E-state index in [0.29, 0.717) is 6.61 Å². The van der Waals surface area contributed by atoms with Gasteiger partial charge >= 0.3 is 13.3 Å². The lowest BCUT2D eigenvalue weighted by Crippen LogP contribution is -2.25. The Hall–Kier alpha value is -1.54. The molecule has 0 amide bonds. The van der Waals surface area contributed by atoms with Gasteiger partial charge in [-0.3, -0.25) is 0 Å². The summed E-state index contributed by atoms with van der Waals surface area (Å²) in [4.78, 5) is 11.0. The van der Waals surface area contributed by atoms with Gasteiger partial charge in [-0.15, -0.1) is 4.57 Å². The molecule has 0 N–H and O–H groups in total. The molecular weight excluding hydrogens is 231 g/mol. The lowest BCUT2D eigenvalue weighted by Gasteiger charge is -1.94. The van der Waals surface area contributed by atoms with Crippen molar-refractivity contribution in [3.05, 3.63) is 18.7 Å². The van der Waals surface area contributed by atoms with Crippen LogP contribution in [0, 0.1) is 0 Å². The zero-order chi connectivity index (χ0) is 12.8. The maximum Gasteiger partial charge on any atom is 0.673 e. The van der Waals surface area contributed by atoms with Crippen LogP contribution in [0.15, 0.2) is 18.7 Å². The Morgan fingerprint density at radius 1 is 1.44 bits per heavy atom. The van der Waals surface area contributed by atoms with E-state index in [9.17, 15) is 22.1 Å². The maximum absolute atomic E-state index is 11.0. The fourth-order valence-corrected chi connectivity index (χ4v) is 0.756. The van der Waals surface area contributed by atoms with Crippen LogP contribution >= 0.6 is 0 Å². The number of hydrogen-bond acceptors (Lipinski definition) is 2. The van der Waals surface area contributed by atoms with Crippen LogP contribution in [0.4, 0.5) is 22.1 Å². The lowest BCUT2D eigenvalue weighted by molar-refractivity contribution is -0.670. The van der Waals surface area contributed by atoms with Crippen LogP contribution < -0.4 is 4.57 Å². The summed E-state index contributed by atoms with van der Waals surface area (Å²) in [6.45, 7) is 2.18. The van der Waals surface area contributed by atoms with Gasteiger partial charge in [0.1, 0.15) is 12.4 Å². The first-order valence-corrected chi connectivity index (χ1v) is 4.31. The van der Waals surface area contributed by atoms with Crippen molar-refractivity contribution < 1.29 is 31.4 Å². The van der Waals surface area contributed by atoms with Gasteiger partial charge < -0.3 is 22.0 Å². The van der Waals surface area contributed by atoms with Crippen molar-refractivity contribution in [3.8, 4) is 0 Å². The van der Waals surface area contributed by atoms with Gasteiger partial charge in [-0.25, -0.2) is 4.57 Å². The molecule has 9 heteroatoms. The van der Waals surface area contributed by atoms with E-state index in [1.807, 2.05) is 7.05 Å². The van der Waals surface area contributed by atoms with E-state index in [1.165, 1.54) is 4.57 Å². The van der Waals surface area contributed by atoms with Crippen LogP contribution in [0.3, 0.4) is 0 Å². The van der Waals surface area contributed by atoms with E-state index in [0.717, 1.165) is 0 Å². The van der Waals surface area contributed by atoms with E-state index >= 15 is 0 Å². The van der Waals surface area contributed by atoms with Crippen molar-refractivity contribution in [2.24, 2.45) is 7.05 Å². The quantitative estimate of drug-likeness (QED) is 0.426. The summed E-state index contributed by atoms with van der Waals surface area (Å²) in [6, 6.07) is 0. The highest BCUT2D eigenvalue weighted by atomic mass is 19.5. The number of aromatic nitrogens is 2. The molecule has 0 saturated heterocycles. The second-order valence-electron chi connectivity index (χ2n) is 2.68. The third-order valence-electron chi connectivity index (χ3n) is 1.25. The van der Waals surface area contributed by atoms with Crippen molar-refractivity contribution in [2.75, 3.05) is 6.61 Å². The zero-order valence-corrected chi connectivity index (χ0v) is 8.74. The summed E-state index contributed by atoms with van der Waals surface area (Å²) in [5, 5.41) is 0. The first-order chi connectivity index (χ1) is 7.24. The van der Waals surface area contributed by atoms with Crippen LogP contribution in [0.5, 0.6) is 0 Å². The van der Waals surface area contributed by atoms with E-state index in [1.54, 1.807) is 30.2 Å². The van der Waals surface area contributed by atoms with E-state index in [2.05, 4.69) is 0 Å². The molecule has 0 unspecified atom stereocenters.